The number of nitriles is 1. The van der Waals surface area contributed by atoms with Crippen LogP contribution in [0.4, 0.5) is 13.2 Å². The lowest BCUT2D eigenvalue weighted by Crippen LogP contribution is -2.24. The molecule has 0 saturated heterocycles. The van der Waals surface area contributed by atoms with Crippen molar-refractivity contribution in [1.29, 1.82) is 5.26 Å². The maximum absolute atomic E-state index is 13.0. The van der Waals surface area contributed by atoms with Crippen molar-refractivity contribution in [2.45, 2.75) is 19.6 Å². The van der Waals surface area contributed by atoms with Crippen LogP contribution < -0.4 is 5.56 Å². The average Bonchev–Trinajstić information content (AvgIpc) is 2.74. The topological polar surface area (TPSA) is 63.6 Å². The van der Waals surface area contributed by atoms with Gasteiger partial charge in [-0.25, -0.2) is 0 Å². The maximum Gasteiger partial charge on any atom is 0.433 e. The Balaban J connectivity index is 2.51. The third-order valence-corrected chi connectivity index (χ3v) is 3.11. The third-order valence-electron chi connectivity index (χ3n) is 3.11. The molecule has 0 radical (unpaired) electrons. The van der Waals surface area contributed by atoms with E-state index in [1.54, 1.807) is 13.0 Å². The van der Waals surface area contributed by atoms with E-state index in [-0.39, 0.29) is 17.7 Å². The first-order valence-electron chi connectivity index (χ1n) is 5.94. The molecule has 0 saturated carbocycles. The normalized spacial score (nSPS) is 11.4. The monoisotopic (exact) mass is 296 g/mol. The van der Waals surface area contributed by atoms with Gasteiger partial charge >= 0.3 is 6.18 Å². The van der Waals surface area contributed by atoms with Crippen LogP contribution in [0.2, 0.25) is 0 Å². The molecule has 0 unspecified atom stereocenters. The van der Waals surface area contributed by atoms with Crippen LogP contribution in [0.1, 0.15) is 22.4 Å². The quantitative estimate of drug-likeness (QED) is 0.849. The summed E-state index contributed by atoms with van der Waals surface area (Å²) in [5.74, 6) is 0. The highest BCUT2D eigenvalue weighted by molar-refractivity contribution is 5.34. The second kappa shape index (κ2) is 5.09. The van der Waals surface area contributed by atoms with E-state index >= 15 is 0 Å². The number of halogens is 3. The van der Waals surface area contributed by atoms with Crippen LogP contribution in [0.25, 0.3) is 0 Å². The molecule has 0 fully saturated rings. The molecule has 0 spiro atoms. The Bertz CT molecular complexity index is 780. The van der Waals surface area contributed by atoms with Crippen LogP contribution in [0, 0.1) is 18.3 Å². The van der Waals surface area contributed by atoms with Gasteiger partial charge in [0.1, 0.15) is 17.3 Å². The number of pyridine rings is 1. The molecule has 2 aromatic rings. The van der Waals surface area contributed by atoms with Gasteiger partial charge in [-0.3, -0.25) is 9.48 Å². The number of aryl methyl sites for hydroxylation is 2. The summed E-state index contributed by atoms with van der Waals surface area (Å²) >= 11 is 0. The van der Waals surface area contributed by atoms with Gasteiger partial charge in [0.15, 0.2) is 0 Å². The Morgan fingerprint density at radius 3 is 2.67 bits per heavy atom. The molecule has 5 nitrogen and oxygen atoms in total. The first kappa shape index (κ1) is 14.8. The van der Waals surface area contributed by atoms with Gasteiger partial charge in [0, 0.05) is 18.8 Å². The number of aromatic nitrogens is 3. The highest BCUT2D eigenvalue weighted by Gasteiger charge is 2.37. The molecule has 0 aliphatic heterocycles. The van der Waals surface area contributed by atoms with Crippen LogP contribution in [-0.4, -0.2) is 14.3 Å². The summed E-state index contributed by atoms with van der Waals surface area (Å²) in [6, 6.07) is 3.28. The standard InChI is InChI=1S/C13H11F3N4O/c1-8-3-4-20(12(21)10(8)5-17)7-9-6-18-19(2)11(9)13(14,15)16/h3-4,6H,7H2,1-2H3. The molecule has 110 valence electrons. The van der Waals surface area contributed by atoms with Crippen LogP contribution >= 0.6 is 0 Å². The largest absolute Gasteiger partial charge is 0.433 e. The Hall–Kier alpha value is -2.56. The van der Waals surface area contributed by atoms with Crippen molar-refractivity contribution in [3.05, 3.63) is 51.2 Å². The number of hydrogen-bond acceptors (Lipinski definition) is 3. The summed E-state index contributed by atoms with van der Waals surface area (Å²) in [5.41, 5.74) is -1.24. The van der Waals surface area contributed by atoms with Crippen molar-refractivity contribution < 1.29 is 13.2 Å². The summed E-state index contributed by atoms with van der Waals surface area (Å²) in [7, 11) is 1.19. The summed E-state index contributed by atoms with van der Waals surface area (Å²) in [6.45, 7) is 1.30. The smallest absolute Gasteiger partial charge is 0.310 e. The first-order chi connectivity index (χ1) is 9.75. The SMILES string of the molecule is Cc1ccn(Cc2cnn(C)c2C(F)(F)F)c(=O)c1C#N. The van der Waals surface area contributed by atoms with E-state index in [4.69, 9.17) is 5.26 Å². The molecule has 0 amide bonds. The van der Waals surface area contributed by atoms with Crippen LogP contribution in [-0.2, 0) is 19.8 Å². The molecule has 2 aromatic heterocycles. The van der Waals surface area contributed by atoms with Crippen molar-refractivity contribution in [3.8, 4) is 6.07 Å². The van der Waals surface area contributed by atoms with Crippen LogP contribution in [0.3, 0.4) is 0 Å². The zero-order valence-corrected chi connectivity index (χ0v) is 11.3. The second-order valence-corrected chi connectivity index (χ2v) is 4.56. The molecule has 2 rings (SSSR count). The molecule has 8 heteroatoms. The minimum Gasteiger partial charge on any atom is -0.310 e. The van der Waals surface area contributed by atoms with Crippen molar-refractivity contribution in [2.75, 3.05) is 0 Å². The van der Waals surface area contributed by atoms with E-state index in [2.05, 4.69) is 5.10 Å². The van der Waals surface area contributed by atoms with Crippen molar-refractivity contribution in [2.24, 2.45) is 7.05 Å². The van der Waals surface area contributed by atoms with Crippen molar-refractivity contribution in [3.63, 3.8) is 0 Å². The van der Waals surface area contributed by atoms with Gasteiger partial charge in [-0.2, -0.15) is 23.5 Å². The maximum atomic E-state index is 13.0. The van der Waals surface area contributed by atoms with Gasteiger partial charge in [-0.05, 0) is 18.6 Å². The van der Waals surface area contributed by atoms with E-state index in [1.807, 2.05) is 0 Å². The van der Waals surface area contributed by atoms with Gasteiger partial charge in [0.2, 0.25) is 0 Å². The van der Waals surface area contributed by atoms with Crippen molar-refractivity contribution in [1.82, 2.24) is 14.3 Å². The Morgan fingerprint density at radius 1 is 1.43 bits per heavy atom. The Kier molecular flexibility index (Phi) is 3.60. The van der Waals surface area contributed by atoms with Gasteiger partial charge in [-0.15, -0.1) is 0 Å². The lowest BCUT2D eigenvalue weighted by Gasteiger charge is -2.11. The van der Waals surface area contributed by atoms with Gasteiger partial charge in [0.25, 0.3) is 5.56 Å². The van der Waals surface area contributed by atoms with Crippen LogP contribution in [0.15, 0.2) is 23.3 Å². The minimum atomic E-state index is -4.56. The summed E-state index contributed by atoms with van der Waals surface area (Å²) in [6.07, 6.45) is -2.13. The van der Waals surface area contributed by atoms with E-state index in [1.165, 1.54) is 19.3 Å². The molecular formula is C13H11F3N4O. The fraction of sp³-hybridized carbons (Fsp3) is 0.308. The Morgan fingerprint density at radius 2 is 2.10 bits per heavy atom. The number of alkyl halides is 3. The number of hydrogen-bond donors (Lipinski definition) is 0. The third kappa shape index (κ3) is 2.67. The molecule has 0 aliphatic rings. The number of nitrogens with zero attached hydrogens (tertiary/aromatic N) is 4. The van der Waals surface area contributed by atoms with Crippen molar-refractivity contribution >= 4 is 0 Å². The summed E-state index contributed by atoms with van der Waals surface area (Å²) in [5, 5.41) is 12.5. The molecular weight excluding hydrogens is 285 g/mol. The molecule has 2 heterocycles. The predicted molar refractivity (Wildman–Crippen MR) is 67.5 cm³/mol. The van der Waals surface area contributed by atoms with Gasteiger partial charge < -0.3 is 4.57 Å². The molecule has 0 aliphatic carbocycles. The fourth-order valence-electron chi connectivity index (χ4n) is 2.07. The number of rotatable bonds is 2. The molecule has 0 N–H and O–H groups in total. The highest BCUT2D eigenvalue weighted by atomic mass is 19.4. The predicted octanol–water partition coefficient (Wildman–Crippen LogP) is 1.83. The zero-order chi connectivity index (χ0) is 15.8. The molecule has 0 aromatic carbocycles. The lowest BCUT2D eigenvalue weighted by atomic mass is 10.1. The first-order valence-corrected chi connectivity index (χ1v) is 5.94. The van der Waals surface area contributed by atoms with E-state index in [9.17, 15) is 18.0 Å². The molecule has 0 bridgehead atoms. The lowest BCUT2D eigenvalue weighted by molar-refractivity contribution is -0.144. The summed E-state index contributed by atoms with van der Waals surface area (Å²) < 4.78 is 40.7. The highest BCUT2D eigenvalue weighted by Crippen LogP contribution is 2.31. The summed E-state index contributed by atoms with van der Waals surface area (Å²) in [4.78, 5) is 12.0. The van der Waals surface area contributed by atoms with E-state index in [0.29, 0.717) is 5.56 Å². The fourth-order valence-corrected chi connectivity index (χ4v) is 2.07. The second-order valence-electron chi connectivity index (χ2n) is 4.56. The molecule has 21 heavy (non-hydrogen) atoms. The zero-order valence-electron chi connectivity index (χ0n) is 11.3. The average molecular weight is 296 g/mol. The minimum absolute atomic E-state index is 0.0741. The molecule has 0 atom stereocenters. The van der Waals surface area contributed by atoms with E-state index < -0.39 is 17.4 Å². The van der Waals surface area contributed by atoms with E-state index in [0.717, 1.165) is 15.4 Å². The Labute approximate surface area is 117 Å². The van der Waals surface area contributed by atoms with Crippen LogP contribution in [0.5, 0.6) is 0 Å². The van der Waals surface area contributed by atoms with Gasteiger partial charge in [-0.1, -0.05) is 0 Å². The van der Waals surface area contributed by atoms with Gasteiger partial charge in [0.05, 0.1) is 12.7 Å².